The molecular weight excluding hydrogens is 282 g/mol. The number of fused-ring (bicyclic) bond motifs is 1. The molecule has 0 radical (unpaired) electrons. The van der Waals surface area contributed by atoms with Crippen molar-refractivity contribution >= 4 is 22.8 Å². The van der Waals surface area contributed by atoms with Gasteiger partial charge in [-0.1, -0.05) is 0 Å². The van der Waals surface area contributed by atoms with E-state index in [4.69, 9.17) is 9.47 Å². The van der Waals surface area contributed by atoms with Gasteiger partial charge in [-0.25, -0.2) is 15.0 Å². The van der Waals surface area contributed by atoms with Gasteiger partial charge in [0.2, 0.25) is 17.8 Å². The van der Waals surface area contributed by atoms with E-state index in [0.29, 0.717) is 17.8 Å². The van der Waals surface area contributed by atoms with Crippen LogP contribution < -0.4 is 14.8 Å². The summed E-state index contributed by atoms with van der Waals surface area (Å²) in [5, 5.41) is 3.95. The van der Waals surface area contributed by atoms with E-state index in [9.17, 15) is 0 Å². The summed E-state index contributed by atoms with van der Waals surface area (Å²) < 4.78 is 10.3. The van der Waals surface area contributed by atoms with E-state index in [1.165, 1.54) is 0 Å². The highest BCUT2D eigenvalue weighted by atomic mass is 16.5. The molecule has 3 aromatic rings. The number of methoxy groups -OCH3 is 2. The standard InChI is InChI=1S/C15H15N5O2/c1-9-11-5-4-10(21-2)8-12(11)18-15(17-9)20-14-16-7-6-13(19-14)22-3/h4-8H,1-3H3,(H,16,17,18,19,20). The Morgan fingerprint density at radius 3 is 2.59 bits per heavy atom. The van der Waals surface area contributed by atoms with Gasteiger partial charge in [-0.2, -0.15) is 4.98 Å². The lowest BCUT2D eigenvalue weighted by Crippen LogP contribution is -2.03. The van der Waals surface area contributed by atoms with Gasteiger partial charge in [0.25, 0.3) is 0 Å². The van der Waals surface area contributed by atoms with Gasteiger partial charge >= 0.3 is 0 Å². The van der Waals surface area contributed by atoms with Crippen molar-refractivity contribution in [3.8, 4) is 11.6 Å². The summed E-state index contributed by atoms with van der Waals surface area (Å²) in [6, 6.07) is 7.36. The number of rotatable bonds is 4. The van der Waals surface area contributed by atoms with Crippen LogP contribution in [0.15, 0.2) is 30.5 Å². The topological polar surface area (TPSA) is 82.0 Å². The lowest BCUT2D eigenvalue weighted by atomic mass is 10.2. The molecule has 0 bridgehead atoms. The maximum atomic E-state index is 5.23. The van der Waals surface area contributed by atoms with Crippen LogP contribution in [-0.2, 0) is 0 Å². The summed E-state index contributed by atoms with van der Waals surface area (Å²) in [5.41, 5.74) is 1.65. The van der Waals surface area contributed by atoms with Crippen LogP contribution >= 0.6 is 0 Å². The van der Waals surface area contributed by atoms with Gasteiger partial charge in [-0.15, -0.1) is 0 Å². The zero-order chi connectivity index (χ0) is 15.5. The van der Waals surface area contributed by atoms with E-state index in [1.54, 1.807) is 26.5 Å². The molecule has 2 aromatic heterocycles. The first kappa shape index (κ1) is 14.0. The molecule has 22 heavy (non-hydrogen) atoms. The summed E-state index contributed by atoms with van der Waals surface area (Å²) in [6.07, 6.45) is 1.60. The van der Waals surface area contributed by atoms with E-state index in [0.717, 1.165) is 22.3 Å². The number of aromatic nitrogens is 4. The first-order valence-corrected chi connectivity index (χ1v) is 6.66. The Labute approximate surface area is 127 Å². The van der Waals surface area contributed by atoms with E-state index in [1.807, 2.05) is 25.1 Å². The van der Waals surface area contributed by atoms with Gasteiger partial charge in [0, 0.05) is 23.7 Å². The van der Waals surface area contributed by atoms with E-state index >= 15 is 0 Å². The Morgan fingerprint density at radius 1 is 0.955 bits per heavy atom. The fraction of sp³-hybridized carbons (Fsp3) is 0.200. The van der Waals surface area contributed by atoms with Crippen LogP contribution in [-0.4, -0.2) is 34.2 Å². The third-order valence-corrected chi connectivity index (χ3v) is 3.16. The molecule has 0 aliphatic heterocycles. The second-order valence-corrected chi connectivity index (χ2v) is 4.56. The summed E-state index contributed by atoms with van der Waals surface area (Å²) >= 11 is 0. The molecule has 0 amide bonds. The van der Waals surface area contributed by atoms with Crippen LogP contribution in [0.1, 0.15) is 5.69 Å². The van der Waals surface area contributed by atoms with Gasteiger partial charge < -0.3 is 9.47 Å². The van der Waals surface area contributed by atoms with Gasteiger partial charge in [0.05, 0.1) is 25.4 Å². The highest BCUT2D eigenvalue weighted by Crippen LogP contribution is 2.23. The van der Waals surface area contributed by atoms with E-state index in [-0.39, 0.29) is 0 Å². The van der Waals surface area contributed by atoms with Crippen LogP contribution in [0.25, 0.3) is 10.9 Å². The summed E-state index contributed by atoms with van der Waals surface area (Å²) in [6.45, 7) is 1.92. The molecule has 7 heteroatoms. The summed E-state index contributed by atoms with van der Waals surface area (Å²) in [7, 11) is 3.17. The maximum Gasteiger partial charge on any atom is 0.232 e. The average Bonchev–Trinajstić information content (AvgIpc) is 2.54. The predicted molar refractivity (Wildman–Crippen MR) is 82.7 cm³/mol. The highest BCUT2D eigenvalue weighted by Gasteiger charge is 2.08. The molecule has 0 saturated carbocycles. The van der Waals surface area contributed by atoms with Gasteiger partial charge in [0.1, 0.15) is 5.75 Å². The molecule has 0 spiro atoms. The zero-order valence-corrected chi connectivity index (χ0v) is 12.5. The van der Waals surface area contributed by atoms with Crippen molar-refractivity contribution in [1.29, 1.82) is 0 Å². The van der Waals surface area contributed by atoms with Crippen molar-refractivity contribution in [1.82, 2.24) is 19.9 Å². The first-order chi connectivity index (χ1) is 10.7. The van der Waals surface area contributed by atoms with Crippen molar-refractivity contribution in [2.75, 3.05) is 19.5 Å². The van der Waals surface area contributed by atoms with E-state index < -0.39 is 0 Å². The molecule has 0 atom stereocenters. The highest BCUT2D eigenvalue weighted by molar-refractivity contribution is 5.83. The maximum absolute atomic E-state index is 5.23. The molecule has 2 heterocycles. The smallest absolute Gasteiger partial charge is 0.232 e. The molecule has 0 fully saturated rings. The fourth-order valence-electron chi connectivity index (χ4n) is 2.07. The van der Waals surface area contributed by atoms with Crippen molar-refractivity contribution in [3.05, 3.63) is 36.2 Å². The molecule has 0 saturated heterocycles. The monoisotopic (exact) mass is 297 g/mol. The SMILES string of the molecule is COc1ccc2c(C)nc(Nc3nccc(OC)n3)nc2c1. The van der Waals surface area contributed by atoms with Crippen LogP contribution in [0.4, 0.5) is 11.9 Å². The Bertz CT molecular complexity index is 822. The Kier molecular flexibility index (Phi) is 3.69. The summed E-state index contributed by atoms with van der Waals surface area (Å²) in [4.78, 5) is 17.2. The molecule has 112 valence electrons. The minimum atomic E-state index is 0.376. The molecule has 1 aromatic carbocycles. The minimum Gasteiger partial charge on any atom is -0.497 e. The molecule has 0 aliphatic rings. The fourth-order valence-corrected chi connectivity index (χ4v) is 2.07. The average molecular weight is 297 g/mol. The van der Waals surface area contributed by atoms with Crippen LogP contribution in [0.2, 0.25) is 0 Å². The van der Waals surface area contributed by atoms with Gasteiger partial charge in [-0.3, -0.25) is 5.32 Å². The molecular formula is C15H15N5O2. The predicted octanol–water partition coefficient (Wildman–Crippen LogP) is 2.49. The second-order valence-electron chi connectivity index (χ2n) is 4.56. The van der Waals surface area contributed by atoms with E-state index in [2.05, 4.69) is 25.3 Å². The minimum absolute atomic E-state index is 0.376. The molecule has 7 nitrogen and oxygen atoms in total. The quantitative estimate of drug-likeness (QED) is 0.792. The number of aryl methyl sites for hydroxylation is 1. The first-order valence-electron chi connectivity index (χ1n) is 6.66. The number of nitrogens with zero attached hydrogens (tertiary/aromatic N) is 4. The lowest BCUT2D eigenvalue weighted by Gasteiger charge is -2.08. The molecule has 0 aliphatic carbocycles. The van der Waals surface area contributed by atoms with Crippen LogP contribution in [0, 0.1) is 6.92 Å². The normalized spacial score (nSPS) is 10.5. The van der Waals surface area contributed by atoms with Crippen molar-refractivity contribution in [3.63, 3.8) is 0 Å². The number of hydrogen-bond donors (Lipinski definition) is 1. The number of ether oxygens (including phenoxy) is 2. The largest absolute Gasteiger partial charge is 0.497 e. The van der Waals surface area contributed by atoms with Gasteiger partial charge in [0.15, 0.2) is 0 Å². The lowest BCUT2D eigenvalue weighted by molar-refractivity contribution is 0.397. The molecule has 1 N–H and O–H groups in total. The number of anilines is 2. The Balaban J connectivity index is 1.99. The van der Waals surface area contributed by atoms with Crippen molar-refractivity contribution < 1.29 is 9.47 Å². The zero-order valence-electron chi connectivity index (χ0n) is 12.5. The van der Waals surface area contributed by atoms with Gasteiger partial charge in [-0.05, 0) is 19.1 Å². The number of nitrogens with one attached hydrogen (secondary N) is 1. The summed E-state index contributed by atoms with van der Waals surface area (Å²) in [5.74, 6) is 2.01. The Morgan fingerprint density at radius 2 is 1.82 bits per heavy atom. The Hall–Kier alpha value is -2.96. The second kappa shape index (κ2) is 5.80. The van der Waals surface area contributed by atoms with Crippen LogP contribution in [0.3, 0.4) is 0 Å². The van der Waals surface area contributed by atoms with Crippen LogP contribution in [0.5, 0.6) is 11.6 Å². The third kappa shape index (κ3) is 2.73. The van der Waals surface area contributed by atoms with Crippen molar-refractivity contribution in [2.24, 2.45) is 0 Å². The van der Waals surface area contributed by atoms with Crippen molar-refractivity contribution in [2.45, 2.75) is 6.92 Å². The number of benzene rings is 1. The third-order valence-electron chi connectivity index (χ3n) is 3.16. The molecule has 3 rings (SSSR count). The molecule has 0 unspecified atom stereocenters. The number of hydrogen-bond acceptors (Lipinski definition) is 7.